The maximum Gasteiger partial charge on any atom is 0.149 e. The van der Waals surface area contributed by atoms with Crippen LogP contribution in [0.2, 0.25) is 0 Å². The maximum absolute atomic E-state index is 11.2. The minimum atomic E-state index is 0.0442. The predicted molar refractivity (Wildman–Crippen MR) is 57.2 cm³/mol. The summed E-state index contributed by atoms with van der Waals surface area (Å²) in [5.41, 5.74) is 0. The number of carbonyl (C=O) groups is 2. The summed E-state index contributed by atoms with van der Waals surface area (Å²) in [5, 5.41) is 2.87. The van der Waals surface area contributed by atoms with Gasteiger partial charge in [0.1, 0.15) is 11.6 Å². The van der Waals surface area contributed by atoms with Crippen LogP contribution in [0.5, 0.6) is 0 Å². The fourth-order valence-corrected chi connectivity index (χ4v) is 1.06. The van der Waals surface area contributed by atoms with E-state index in [2.05, 4.69) is 5.32 Å². The number of Topliss-reactive ketones (excluding diaryl/α,β-unsaturated/α-hetero) is 2. The standard InChI is InChI=1S/C11H21NO2/c1-8(2)5-10(13)6-12-7-11(14)9(3)4/h8-9,12H,5-7H2,1-4H3. The molecule has 0 rings (SSSR count). The normalized spacial score (nSPS) is 11.0. The molecule has 0 heterocycles. The Morgan fingerprint density at radius 3 is 2.07 bits per heavy atom. The number of rotatable bonds is 7. The third kappa shape index (κ3) is 6.78. The van der Waals surface area contributed by atoms with Crippen molar-refractivity contribution in [1.29, 1.82) is 0 Å². The summed E-state index contributed by atoms with van der Waals surface area (Å²) in [6.07, 6.45) is 0.586. The van der Waals surface area contributed by atoms with Crippen LogP contribution in [0, 0.1) is 11.8 Å². The summed E-state index contributed by atoms with van der Waals surface area (Å²) in [7, 11) is 0. The van der Waals surface area contributed by atoms with Gasteiger partial charge in [0.05, 0.1) is 13.1 Å². The van der Waals surface area contributed by atoms with Gasteiger partial charge in [0, 0.05) is 12.3 Å². The fourth-order valence-electron chi connectivity index (χ4n) is 1.06. The first-order valence-corrected chi connectivity index (χ1v) is 5.18. The van der Waals surface area contributed by atoms with E-state index in [-0.39, 0.29) is 17.5 Å². The van der Waals surface area contributed by atoms with Crippen LogP contribution in [0.3, 0.4) is 0 Å². The lowest BCUT2D eigenvalue weighted by atomic mass is 10.1. The summed E-state index contributed by atoms with van der Waals surface area (Å²) in [4.78, 5) is 22.4. The number of hydrogen-bond acceptors (Lipinski definition) is 3. The molecular formula is C11H21NO2. The van der Waals surface area contributed by atoms with Gasteiger partial charge < -0.3 is 5.32 Å². The predicted octanol–water partition coefficient (Wildman–Crippen LogP) is 1.42. The number of ketones is 2. The fraction of sp³-hybridized carbons (Fsp3) is 0.818. The lowest BCUT2D eigenvalue weighted by Crippen LogP contribution is -2.31. The maximum atomic E-state index is 11.2. The minimum absolute atomic E-state index is 0.0442. The van der Waals surface area contributed by atoms with Crippen LogP contribution in [-0.2, 0) is 9.59 Å². The highest BCUT2D eigenvalue weighted by atomic mass is 16.1. The first kappa shape index (κ1) is 13.3. The molecule has 0 aromatic heterocycles. The summed E-state index contributed by atoms with van der Waals surface area (Å²) < 4.78 is 0. The molecule has 0 aromatic rings. The largest absolute Gasteiger partial charge is 0.303 e. The SMILES string of the molecule is CC(C)CC(=O)CNCC(=O)C(C)C. The summed E-state index contributed by atoms with van der Waals surface area (Å²) in [5.74, 6) is 0.770. The quantitative estimate of drug-likeness (QED) is 0.674. The Morgan fingerprint density at radius 1 is 1.07 bits per heavy atom. The molecule has 0 aromatic carbocycles. The molecule has 1 N–H and O–H groups in total. The van der Waals surface area contributed by atoms with Gasteiger partial charge in [-0.25, -0.2) is 0 Å². The minimum Gasteiger partial charge on any atom is -0.303 e. The van der Waals surface area contributed by atoms with Gasteiger partial charge in [0.25, 0.3) is 0 Å². The Kier molecular flexibility index (Phi) is 6.37. The Bertz CT molecular complexity index is 197. The van der Waals surface area contributed by atoms with Crippen LogP contribution in [0.1, 0.15) is 34.1 Å². The number of carbonyl (C=O) groups excluding carboxylic acids is 2. The Balaban J connectivity index is 3.54. The van der Waals surface area contributed by atoms with Crippen molar-refractivity contribution in [2.45, 2.75) is 34.1 Å². The van der Waals surface area contributed by atoms with E-state index in [0.29, 0.717) is 25.4 Å². The van der Waals surface area contributed by atoms with Crippen LogP contribution in [0.4, 0.5) is 0 Å². The molecule has 82 valence electrons. The van der Waals surface area contributed by atoms with Crippen molar-refractivity contribution >= 4 is 11.6 Å². The second-order valence-electron chi connectivity index (χ2n) is 4.36. The molecule has 0 spiro atoms. The molecule has 0 atom stereocenters. The van der Waals surface area contributed by atoms with Crippen LogP contribution in [0.15, 0.2) is 0 Å². The van der Waals surface area contributed by atoms with Crippen molar-refractivity contribution in [2.75, 3.05) is 13.1 Å². The molecule has 0 saturated carbocycles. The molecule has 0 aliphatic rings. The monoisotopic (exact) mass is 199 g/mol. The van der Waals surface area contributed by atoms with Gasteiger partial charge in [0.15, 0.2) is 0 Å². The molecule has 0 unspecified atom stereocenters. The van der Waals surface area contributed by atoms with E-state index in [1.165, 1.54) is 0 Å². The third-order valence-corrected chi connectivity index (χ3v) is 1.90. The lowest BCUT2D eigenvalue weighted by molar-refractivity contribution is -0.121. The van der Waals surface area contributed by atoms with Crippen molar-refractivity contribution < 1.29 is 9.59 Å². The molecule has 0 bridgehead atoms. The summed E-state index contributed by atoms with van der Waals surface area (Å²) >= 11 is 0. The highest BCUT2D eigenvalue weighted by Crippen LogP contribution is 1.99. The zero-order valence-electron chi connectivity index (χ0n) is 9.59. The summed E-state index contributed by atoms with van der Waals surface area (Å²) in [6.45, 7) is 8.37. The lowest BCUT2D eigenvalue weighted by Gasteiger charge is -2.06. The van der Waals surface area contributed by atoms with E-state index in [1.807, 2.05) is 27.7 Å². The van der Waals surface area contributed by atoms with Gasteiger partial charge in [-0.3, -0.25) is 9.59 Å². The van der Waals surface area contributed by atoms with Crippen molar-refractivity contribution in [1.82, 2.24) is 5.32 Å². The van der Waals surface area contributed by atoms with Gasteiger partial charge in [0.2, 0.25) is 0 Å². The smallest absolute Gasteiger partial charge is 0.149 e. The third-order valence-electron chi connectivity index (χ3n) is 1.90. The van der Waals surface area contributed by atoms with E-state index in [1.54, 1.807) is 0 Å². The zero-order valence-corrected chi connectivity index (χ0v) is 9.59. The molecule has 0 fully saturated rings. The molecule has 14 heavy (non-hydrogen) atoms. The number of hydrogen-bond donors (Lipinski definition) is 1. The van der Waals surface area contributed by atoms with E-state index >= 15 is 0 Å². The molecule has 3 heteroatoms. The van der Waals surface area contributed by atoms with Crippen molar-refractivity contribution in [3.05, 3.63) is 0 Å². The average Bonchev–Trinajstić information content (AvgIpc) is 2.02. The second-order valence-corrected chi connectivity index (χ2v) is 4.36. The van der Waals surface area contributed by atoms with Crippen LogP contribution in [-0.4, -0.2) is 24.7 Å². The highest BCUT2D eigenvalue weighted by Gasteiger charge is 2.08. The van der Waals surface area contributed by atoms with E-state index in [0.717, 1.165) is 0 Å². The molecule has 0 radical (unpaired) electrons. The van der Waals surface area contributed by atoms with Crippen molar-refractivity contribution in [3.8, 4) is 0 Å². The Labute approximate surface area is 86.3 Å². The highest BCUT2D eigenvalue weighted by molar-refractivity contribution is 5.84. The number of nitrogens with one attached hydrogen (secondary N) is 1. The van der Waals surface area contributed by atoms with Crippen LogP contribution < -0.4 is 5.32 Å². The van der Waals surface area contributed by atoms with E-state index < -0.39 is 0 Å². The van der Waals surface area contributed by atoms with Gasteiger partial charge in [-0.2, -0.15) is 0 Å². The average molecular weight is 199 g/mol. The van der Waals surface area contributed by atoms with Gasteiger partial charge in [-0.05, 0) is 5.92 Å². The van der Waals surface area contributed by atoms with Crippen molar-refractivity contribution in [3.63, 3.8) is 0 Å². The van der Waals surface area contributed by atoms with E-state index in [4.69, 9.17) is 0 Å². The molecule has 3 nitrogen and oxygen atoms in total. The van der Waals surface area contributed by atoms with Gasteiger partial charge in [-0.15, -0.1) is 0 Å². The van der Waals surface area contributed by atoms with E-state index in [9.17, 15) is 9.59 Å². The molecule has 0 amide bonds. The molecule has 0 aliphatic carbocycles. The van der Waals surface area contributed by atoms with Gasteiger partial charge >= 0.3 is 0 Å². The van der Waals surface area contributed by atoms with Crippen molar-refractivity contribution in [2.24, 2.45) is 11.8 Å². The topological polar surface area (TPSA) is 46.2 Å². The first-order chi connectivity index (χ1) is 6.43. The Hall–Kier alpha value is -0.700. The summed E-state index contributed by atoms with van der Waals surface area (Å²) in [6, 6.07) is 0. The Morgan fingerprint density at radius 2 is 1.64 bits per heavy atom. The first-order valence-electron chi connectivity index (χ1n) is 5.18. The van der Waals surface area contributed by atoms with Crippen LogP contribution >= 0.6 is 0 Å². The second kappa shape index (κ2) is 6.71. The molecular weight excluding hydrogens is 178 g/mol. The molecule has 0 aliphatic heterocycles. The van der Waals surface area contributed by atoms with Gasteiger partial charge in [-0.1, -0.05) is 27.7 Å². The van der Waals surface area contributed by atoms with Crippen LogP contribution in [0.25, 0.3) is 0 Å². The molecule has 0 saturated heterocycles. The zero-order chi connectivity index (χ0) is 11.1.